The molecule has 0 bridgehead atoms. The van der Waals surface area contributed by atoms with Crippen molar-refractivity contribution in [1.82, 2.24) is 15.0 Å². The van der Waals surface area contributed by atoms with Gasteiger partial charge < -0.3 is 4.98 Å². The average Bonchev–Trinajstić information content (AvgIpc) is 2.30. The minimum Gasteiger partial charge on any atom is -0.304 e. The van der Waals surface area contributed by atoms with Gasteiger partial charge in [0, 0.05) is 0 Å². The summed E-state index contributed by atoms with van der Waals surface area (Å²) >= 11 is 6.51. The van der Waals surface area contributed by atoms with Crippen LogP contribution in [0, 0.1) is 0 Å². The van der Waals surface area contributed by atoms with Crippen LogP contribution < -0.4 is 5.69 Å². The Morgan fingerprint density at radius 3 is 2.83 bits per heavy atom. The zero-order valence-electron chi connectivity index (χ0n) is 5.69. The quantitative estimate of drug-likeness (QED) is 0.727. The van der Waals surface area contributed by atoms with Crippen molar-refractivity contribution in [3.8, 4) is 0 Å². The molecule has 2 aromatic heterocycles. The van der Waals surface area contributed by atoms with Crippen LogP contribution in [0.1, 0.15) is 0 Å². The third kappa shape index (κ3) is 1.21. The topological polar surface area (TPSA) is 61.5 Å². The second-order valence-electron chi connectivity index (χ2n) is 2.24. The largest absolute Gasteiger partial charge is 0.325 e. The van der Waals surface area contributed by atoms with Gasteiger partial charge in [0.15, 0.2) is 5.65 Å². The molecule has 6 heteroatoms. The molecule has 0 saturated heterocycles. The summed E-state index contributed by atoms with van der Waals surface area (Å²) in [5.74, 6) is 0. The van der Waals surface area contributed by atoms with Gasteiger partial charge in [-0.2, -0.15) is 0 Å². The first-order valence-electron chi connectivity index (χ1n) is 3.11. The Morgan fingerprint density at radius 1 is 1.33 bits per heavy atom. The van der Waals surface area contributed by atoms with Crippen molar-refractivity contribution < 1.29 is 0 Å². The summed E-state index contributed by atoms with van der Waals surface area (Å²) in [6.45, 7) is 0. The summed E-state index contributed by atoms with van der Waals surface area (Å²) < 4.78 is 1.48. The van der Waals surface area contributed by atoms with Gasteiger partial charge in [-0.25, -0.2) is 9.78 Å². The van der Waals surface area contributed by atoms with Crippen LogP contribution in [0.5, 0.6) is 0 Å². The molecule has 0 spiro atoms. The van der Waals surface area contributed by atoms with E-state index in [-0.39, 0.29) is 5.69 Å². The number of hydrogen-bond acceptors (Lipinski definition) is 2. The van der Waals surface area contributed by atoms with E-state index in [1.54, 1.807) is 6.07 Å². The van der Waals surface area contributed by atoms with Crippen LogP contribution >= 0.6 is 31.9 Å². The van der Waals surface area contributed by atoms with Gasteiger partial charge in [-0.3, -0.25) is 4.98 Å². The van der Waals surface area contributed by atoms with Crippen molar-refractivity contribution in [2.24, 2.45) is 0 Å². The first-order valence-corrected chi connectivity index (χ1v) is 4.69. The van der Waals surface area contributed by atoms with E-state index in [9.17, 15) is 4.79 Å². The van der Waals surface area contributed by atoms with E-state index < -0.39 is 0 Å². The van der Waals surface area contributed by atoms with Crippen LogP contribution in [0.3, 0.4) is 0 Å². The number of hydrogen-bond donors (Lipinski definition) is 2. The number of H-pyrrole nitrogens is 2. The highest BCUT2D eigenvalue weighted by molar-refractivity contribution is 9.13. The molecule has 0 aliphatic carbocycles. The van der Waals surface area contributed by atoms with Crippen LogP contribution in [-0.4, -0.2) is 15.0 Å². The van der Waals surface area contributed by atoms with E-state index in [0.29, 0.717) is 15.8 Å². The van der Waals surface area contributed by atoms with Crippen molar-refractivity contribution in [2.45, 2.75) is 0 Å². The molecule has 0 aliphatic heterocycles. The highest BCUT2D eigenvalue weighted by Gasteiger charge is 2.03. The van der Waals surface area contributed by atoms with Crippen molar-refractivity contribution in [3.05, 3.63) is 25.6 Å². The monoisotopic (exact) mass is 291 g/mol. The Kier molecular flexibility index (Phi) is 1.80. The zero-order chi connectivity index (χ0) is 8.72. The molecule has 0 saturated carbocycles. The van der Waals surface area contributed by atoms with Crippen LogP contribution in [0.25, 0.3) is 11.2 Å². The Morgan fingerprint density at radius 2 is 2.08 bits per heavy atom. The fraction of sp³-hybridized carbons (Fsp3) is 0. The molecule has 0 fully saturated rings. The summed E-state index contributed by atoms with van der Waals surface area (Å²) in [5, 5.41) is 0. The fourth-order valence-electron chi connectivity index (χ4n) is 0.918. The van der Waals surface area contributed by atoms with Crippen molar-refractivity contribution in [3.63, 3.8) is 0 Å². The van der Waals surface area contributed by atoms with Gasteiger partial charge in [0.2, 0.25) is 0 Å². The SMILES string of the molecule is O=c1[nH]c2cc(Br)c(Br)nc2[nH]1. The van der Waals surface area contributed by atoms with Crippen molar-refractivity contribution in [2.75, 3.05) is 0 Å². The lowest BCUT2D eigenvalue weighted by Crippen LogP contribution is -1.99. The molecule has 0 aliphatic rings. The van der Waals surface area contributed by atoms with E-state index in [4.69, 9.17) is 0 Å². The number of nitrogens with one attached hydrogen (secondary N) is 2. The van der Waals surface area contributed by atoms with E-state index in [1.165, 1.54) is 0 Å². The van der Waals surface area contributed by atoms with Crippen molar-refractivity contribution in [1.29, 1.82) is 0 Å². The molecular weight excluding hydrogens is 290 g/mol. The number of halogens is 2. The summed E-state index contributed by atoms with van der Waals surface area (Å²) in [5.41, 5.74) is 0.993. The number of nitrogens with zero attached hydrogens (tertiary/aromatic N) is 1. The number of fused-ring (bicyclic) bond motifs is 1. The third-order valence-electron chi connectivity index (χ3n) is 1.41. The minimum absolute atomic E-state index is 0.248. The number of aromatic amines is 2. The van der Waals surface area contributed by atoms with Crippen LogP contribution in [0.15, 0.2) is 19.9 Å². The van der Waals surface area contributed by atoms with Gasteiger partial charge in [0.05, 0.1) is 9.99 Å². The number of imidazole rings is 1. The second-order valence-corrected chi connectivity index (χ2v) is 3.84. The molecule has 2 rings (SSSR count). The predicted molar refractivity (Wildman–Crippen MR) is 52.1 cm³/mol. The Balaban J connectivity index is 2.92. The molecule has 2 aromatic rings. The van der Waals surface area contributed by atoms with Gasteiger partial charge in [-0.1, -0.05) is 0 Å². The van der Waals surface area contributed by atoms with Gasteiger partial charge in [-0.15, -0.1) is 0 Å². The van der Waals surface area contributed by atoms with Crippen LogP contribution in [0.4, 0.5) is 0 Å². The number of rotatable bonds is 0. The fourth-order valence-corrected chi connectivity index (χ4v) is 1.53. The first kappa shape index (κ1) is 8.00. The lowest BCUT2D eigenvalue weighted by molar-refractivity contribution is 1.19. The van der Waals surface area contributed by atoms with Gasteiger partial charge >= 0.3 is 5.69 Å². The summed E-state index contributed by atoms with van der Waals surface area (Å²) in [4.78, 5) is 20.1. The minimum atomic E-state index is -0.248. The van der Waals surface area contributed by atoms with E-state index in [2.05, 4.69) is 46.8 Å². The Labute approximate surface area is 83.7 Å². The van der Waals surface area contributed by atoms with E-state index in [1.807, 2.05) is 0 Å². The highest BCUT2D eigenvalue weighted by atomic mass is 79.9. The molecule has 12 heavy (non-hydrogen) atoms. The standard InChI is InChI=1S/C6H3Br2N3O/c7-2-1-3-5(10-4(2)8)11-6(12)9-3/h1H,(H2,9,10,11,12). The molecule has 0 unspecified atom stereocenters. The number of aromatic nitrogens is 3. The summed E-state index contributed by atoms with van der Waals surface area (Å²) in [6, 6.07) is 1.78. The Bertz CT molecular complexity index is 445. The van der Waals surface area contributed by atoms with Gasteiger partial charge in [0.25, 0.3) is 0 Å². The first-order chi connectivity index (χ1) is 5.66. The molecule has 0 aromatic carbocycles. The van der Waals surface area contributed by atoms with Gasteiger partial charge in [0.1, 0.15) is 4.60 Å². The zero-order valence-corrected chi connectivity index (χ0v) is 8.86. The smallest absolute Gasteiger partial charge is 0.304 e. The third-order valence-corrected chi connectivity index (χ3v) is 3.15. The lowest BCUT2D eigenvalue weighted by atomic mass is 10.4. The number of pyridine rings is 1. The normalized spacial score (nSPS) is 10.8. The Hall–Kier alpha value is -0.620. The molecule has 0 radical (unpaired) electrons. The predicted octanol–water partition coefficient (Wildman–Crippen LogP) is 1.78. The average molecular weight is 293 g/mol. The van der Waals surface area contributed by atoms with Gasteiger partial charge in [-0.05, 0) is 37.9 Å². The summed E-state index contributed by atoms with van der Waals surface area (Å²) in [6.07, 6.45) is 0. The van der Waals surface area contributed by atoms with E-state index >= 15 is 0 Å². The molecule has 0 amide bonds. The van der Waals surface area contributed by atoms with E-state index in [0.717, 1.165) is 4.47 Å². The van der Waals surface area contributed by atoms with Crippen LogP contribution in [0.2, 0.25) is 0 Å². The lowest BCUT2D eigenvalue weighted by Gasteiger charge is -1.93. The molecule has 62 valence electrons. The molecular formula is C6H3Br2N3O. The maximum Gasteiger partial charge on any atom is 0.325 e. The maximum absolute atomic E-state index is 10.8. The molecule has 4 nitrogen and oxygen atoms in total. The highest BCUT2D eigenvalue weighted by Crippen LogP contribution is 2.22. The molecule has 0 atom stereocenters. The second kappa shape index (κ2) is 2.70. The van der Waals surface area contributed by atoms with Crippen molar-refractivity contribution >= 4 is 43.0 Å². The summed E-state index contributed by atoms with van der Waals surface area (Å²) in [7, 11) is 0. The molecule has 2 heterocycles. The van der Waals surface area contributed by atoms with Crippen LogP contribution in [-0.2, 0) is 0 Å². The molecule has 2 N–H and O–H groups in total. The maximum atomic E-state index is 10.8.